The van der Waals surface area contributed by atoms with E-state index in [1.54, 1.807) is 0 Å². The van der Waals surface area contributed by atoms with Crippen LogP contribution in [0.5, 0.6) is 0 Å². The van der Waals surface area contributed by atoms with Crippen LogP contribution in [-0.2, 0) is 16.5 Å². The molecule has 1 aliphatic carbocycles. The lowest BCUT2D eigenvalue weighted by atomic mass is 10.1. The Balaban J connectivity index is 1.89. The van der Waals surface area contributed by atoms with Crippen LogP contribution in [0, 0.1) is 0 Å². The first kappa shape index (κ1) is 13.5. The van der Waals surface area contributed by atoms with Crippen LogP contribution in [0.1, 0.15) is 23.6 Å². The first-order valence-corrected chi connectivity index (χ1v) is 7.47. The summed E-state index contributed by atoms with van der Waals surface area (Å²) >= 11 is 0. The fourth-order valence-electron chi connectivity index (χ4n) is 2.33. The van der Waals surface area contributed by atoms with E-state index in [1.165, 1.54) is 5.56 Å². The molecule has 0 unspecified atom stereocenters. The molecule has 100 valence electrons. The molecule has 4 nitrogen and oxygen atoms in total. The zero-order valence-electron chi connectivity index (χ0n) is 9.84. The highest BCUT2D eigenvalue weighted by atomic mass is 32.2. The molecule has 0 aliphatic heterocycles. The van der Waals surface area contributed by atoms with Gasteiger partial charge in [-0.2, -0.15) is 8.42 Å². The molecule has 0 bridgehead atoms. The Morgan fingerprint density at radius 2 is 2.17 bits per heavy atom. The fraction of sp³-hybridized carbons (Fsp3) is 0.500. The third kappa shape index (κ3) is 3.51. The highest BCUT2D eigenvalue weighted by Crippen LogP contribution is 2.30. The molecule has 2 atom stereocenters. The lowest BCUT2D eigenvalue weighted by Crippen LogP contribution is -2.31. The largest absolute Gasteiger partial charge is 0.307 e. The minimum Gasteiger partial charge on any atom is -0.307 e. The van der Waals surface area contributed by atoms with Crippen molar-refractivity contribution in [3.05, 3.63) is 35.4 Å². The molecule has 2 N–H and O–H groups in total. The van der Waals surface area contributed by atoms with Crippen molar-refractivity contribution in [1.29, 1.82) is 0 Å². The number of alkyl halides is 1. The highest BCUT2D eigenvalue weighted by molar-refractivity contribution is 7.85. The second kappa shape index (κ2) is 5.34. The van der Waals surface area contributed by atoms with Crippen LogP contribution < -0.4 is 5.32 Å². The maximum Gasteiger partial charge on any atom is 0.267 e. The topological polar surface area (TPSA) is 66.4 Å². The summed E-state index contributed by atoms with van der Waals surface area (Å²) < 4.78 is 42.9. The van der Waals surface area contributed by atoms with Crippen LogP contribution in [0.2, 0.25) is 0 Å². The number of hydrogen-bond donors (Lipinski definition) is 2. The van der Waals surface area contributed by atoms with E-state index in [9.17, 15) is 12.8 Å². The van der Waals surface area contributed by atoms with E-state index in [0.29, 0.717) is 0 Å². The molecule has 0 aromatic heterocycles. The normalized spacial score (nSPS) is 20.7. The van der Waals surface area contributed by atoms with Gasteiger partial charge in [-0.1, -0.05) is 24.3 Å². The molecule has 0 spiro atoms. The van der Waals surface area contributed by atoms with Gasteiger partial charge in [0.1, 0.15) is 11.9 Å². The summed E-state index contributed by atoms with van der Waals surface area (Å²) in [5.74, 6) is -0.853. The summed E-state index contributed by atoms with van der Waals surface area (Å²) in [6.45, 7) is -0.0706. The summed E-state index contributed by atoms with van der Waals surface area (Å²) in [5, 5.41) is 3.01. The molecular weight excluding hydrogens is 257 g/mol. The van der Waals surface area contributed by atoms with Crippen LogP contribution in [0.15, 0.2) is 24.3 Å². The molecule has 6 heteroatoms. The van der Waals surface area contributed by atoms with Gasteiger partial charge in [0.15, 0.2) is 0 Å². The molecule has 1 aromatic carbocycles. The summed E-state index contributed by atoms with van der Waals surface area (Å²) in [7, 11) is -4.24. The summed E-state index contributed by atoms with van der Waals surface area (Å²) in [6.07, 6.45) is 0.244. The van der Waals surface area contributed by atoms with E-state index >= 15 is 0 Å². The monoisotopic (exact) mass is 273 g/mol. The molecule has 1 aromatic rings. The smallest absolute Gasteiger partial charge is 0.267 e. The van der Waals surface area contributed by atoms with E-state index < -0.39 is 22.0 Å². The van der Waals surface area contributed by atoms with Gasteiger partial charge in [0, 0.05) is 12.6 Å². The van der Waals surface area contributed by atoms with E-state index in [2.05, 4.69) is 5.32 Å². The van der Waals surface area contributed by atoms with Crippen LogP contribution in [0.4, 0.5) is 4.39 Å². The predicted octanol–water partition coefficient (Wildman–Crippen LogP) is 1.49. The molecule has 2 rings (SSSR count). The molecule has 0 heterocycles. The van der Waals surface area contributed by atoms with Gasteiger partial charge in [0.2, 0.25) is 0 Å². The lowest BCUT2D eigenvalue weighted by molar-refractivity contribution is 0.323. The third-order valence-electron chi connectivity index (χ3n) is 3.11. The van der Waals surface area contributed by atoms with Crippen LogP contribution in [0.3, 0.4) is 0 Å². The Morgan fingerprint density at radius 3 is 2.89 bits per heavy atom. The number of aryl methyl sites for hydroxylation is 1. The average Bonchev–Trinajstić information content (AvgIpc) is 2.67. The van der Waals surface area contributed by atoms with Crippen molar-refractivity contribution in [3.8, 4) is 0 Å². The first-order chi connectivity index (χ1) is 8.46. The van der Waals surface area contributed by atoms with E-state index in [1.807, 2.05) is 24.3 Å². The first-order valence-electron chi connectivity index (χ1n) is 5.86. The minimum absolute atomic E-state index is 0.0702. The Labute approximate surface area is 106 Å². The number of fused-ring (bicyclic) bond motifs is 1. The summed E-state index contributed by atoms with van der Waals surface area (Å²) in [5.41, 5.74) is 2.40. The molecule has 0 saturated heterocycles. The summed E-state index contributed by atoms with van der Waals surface area (Å²) in [4.78, 5) is 0. The van der Waals surface area contributed by atoms with Crippen molar-refractivity contribution in [3.63, 3.8) is 0 Å². The predicted molar refractivity (Wildman–Crippen MR) is 66.8 cm³/mol. The summed E-state index contributed by atoms with van der Waals surface area (Å²) in [6, 6.07) is 8.01. The SMILES string of the molecule is O=S(=O)(O)C[C@@H](F)CN[C@@H]1CCc2ccccc21. The molecule has 0 saturated carbocycles. The van der Waals surface area contributed by atoms with Gasteiger partial charge in [0.25, 0.3) is 10.1 Å². The molecule has 18 heavy (non-hydrogen) atoms. The van der Waals surface area contributed by atoms with Crippen molar-refractivity contribution >= 4 is 10.1 Å². The number of benzene rings is 1. The van der Waals surface area contributed by atoms with Crippen molar-refractivity contribution in [1.82, 2.24) is 5.32 Å². The van der Waals surface area contributed by atoms with Gasteiger partial charge >= 0.3 is 0 Å². The van der Waals surface area contributed by atoms with Crippen LogP contribution in [0.25, 0.3) is 0 Å². The van der Waals surface area contributed by atoms with Gasteiger partial charge in [-0.25, -0.2) is 4.39 Å². The van der Waals surface area contributed by atoms with E-state index in [0.717, 1.165) is 18.4 Å². The number of rotatable bonds is 5. The number of hydrogen-bond acceptors (Lipinski definition) is 3. The molecule has 1 aliphatic rings. The van der Waals surface area contributed by atoms with Crippen molar-refractivity contribution in [2.75, 3.05) is 12.3 Å². The van der Waals surface area contributed by atoms with Crippen molar-refractivity contribution in [2.24, 2.45) is 0 Å². The maximum absolute atomic E-state index is 13.3. The lowest BCUT2D eigenvalue weighted by Gasteiger charge is -2.15. The molecule has 0 fully saturated rings. The fourth-order valence-corrected chi connectivity index (χ4v) is 2.90. The number of nitrogens with one attached hydrogen (secondary N) is 1. The molecule has 0 amide bonds. The Kier molecular flexibility index (Phi) is 3.99. The van der Waals surface area contributed by atoms with E-state index in [4.69, 9.17) is 4.55 Å². The van der Waals surface area contributed by atoms with Gasteiger partial charge in [0.05, 0.1) is 0 Å². The zero-order chi connectivity index (χ0) is 13.2. The van der Waals surface area contributed by atoms with Gasteiger partial charge in [-0.05, 0) is 24.0 Å². The standard InChI is InChI=1S/C12H16FNO3S/c13-10(8-18(15,16)17)7-14-12-6-5-9-3-1-2-4-11(9)12/h1-4,10,12,14H,5-8H2,(H,15,16,17)/t10-,12+/m0/s1. The third-order valence-corrected chi connectivity index (χ3v) is 3.89. The van der Waals surface area contributed by atoms with Gasteiger partial charge in [-0.15, -0.1) is 0 Å². The van der Waals surface area contributed by atoms with E-state index in [-0.39, 0.29) is 12.6 Å². The van der Waals surface area contributed by atoms with Crippen LogP contribution in [-0.4, -0.2) is 31.4 Å². The quantitative estimate of drug-likeness (QED) is 0.798. The Hall–Kier alpha value is -0.980. The van der Waals surface area contributed by atoms with Gasteiger partial charge < -0.3 is 5.32 Å². The second-order valence-corrected chi connectivity index (χ2v) is 6.04. The van der Waals surface area contributed by atoms with Crippen molar-refractivity contribution in [2.45, 2.75) is 25.1 Å². The Bertz CT molecular complexity index is 518. The van der Waals surface area contributed by atoms with Crippen LogP contribution >= 0.6 is 0 Å². The number of halogens is 1. The van der Waals surface area contributed by atoms with Crippen molar-refractivity contribution < 1.29 is 17.4 Å². The molecule has 0 radical (unpaired) electrons. The molecular formula is C12H16FNO3S. The maximum atomic E-state index is 13.3. The Morgan fingerprint density at radius 1 is 1.44 bits per heavy atom. The van der Waals surface area contributed by atoms with Gasteiger partial charge in [-0.3, -0.25) is 4.55 Å². The minimum atomic E-state index is -4.24. The highest BCUT2D eigenvalue weighted by Gasteiger charge is 2.23. The second-order valence-electron chi connectivity index (χ2n) is 4.54. The zero-order valence-corrected chi connectivity index (χ0v) is 10.7. The average molecular weight is 273 g/mol.